The predicted molar refractivity (Wildman–Crippen MR) is 87.3 cm³/mol. The molecule has 0 aliphatic carbocycles. The lowest BCUT2D eigenvalue weighted by Crippen LogP contribution is -2.36. The van der Waals surface area contributed by atoms with E-state index in [0.717, 1.165) is 15.6 Å². The second-order valence-corrected chi connectivity index (χ2v) is 7.52. The van der Waals surface area contributed by atoms with Crippen molar-refractivity contribution in [3.05, 3.63) is 32.8 Å². The number of nitrogens with zero attached hydrogens (tertiary/aromatic N) is 1. The molecule has 0 saturated carbocycles. The molecule has 0 fully saturated rings. The van der Waals surface area contributed by atoms with Gasteiger partial charge in [-0.3, -0.25) is 0 Å². The van der Waals surface area contributed by atoms with Gasteiger partial charge in [0.2, 0.25) is 0 Å². The van der Waals surface area contributed by atoms with Gasteiger partial charge in [-0.15, -0.1) is 0 Å². The van der Waals surface area contributed by atoms with Crippen LogP contribution in [0.25, 0.3) is 0 Å². The zero-order chi connectivity index (χ0) is 15.8. The number of hydrogen-bond donors (Lipinski definition) is 1. The van der Waals surface area contributed by atoms with Crippen LogP contribution in [0.1, 0.15) is 44.4 Å². The summed E-state index contributed by atoms with van der Waals surface area (Å²) in [6.45, 7) is 6.63. The van der Waals surface area contributed by atoms with Crippen LogP contribution >= 0.6 is 27.5 Å². The van der Waals surface area contributed by atoms with E-state index in [1.165, 1.54) is 0 Å². The zero-order valence-corrected chi connectivity index (χ0v) is 14.8. The molecule has 1 aliphatic rings. The Balaban J connectivity index is 2.27. The first-order chi connectivity index (χ1) is 9.67. The molecule has 2 N–H and O–H groups in total. The van der Waals surface area contributed by atoms with E-state index >= 15 is 0 Å². The average Bonchev–Trinajstić information content (AvgIpc) is 2.49. The first kappa shape index (κ1) is 16.6. The van der Waals surface area contributed by atoms with E-state index in [4.69, 9.17) is 22.1 Å². The number of halogens is 2. The second kappa shape index (κ2) is 6.15. The number of amides is 1. The highest BCUT2D eigenvalue weighted by molar-refractivity contribution is 9.10. The molecule has 21 heavy (non-hydrogen) atoms. The Morgan fingerprint density at radius 1 is 1.48 bits per heavy atom. The van der Waals surface area contributed by atoms with E-state index in [0.29, 0.717) is 24.5 Å². The third-order valence-corrected chi connectivity index (χ3v) is 4.50. The Labute approximate surface area is 138 Å². The molecule has 1 aromatic rings. The molecule has 2 rings (SSSR count). The van der Waals surface area contributed by atoms with Gasteiger partial charge in [-0.05, 0) is 66.4 Å². The third kappa shape index (κ3) is 4.11. The van der Waals surface area contributed by atoms with Crippen molar-refractivity contribution in [3.63, 3.8) is 0 Å². The summed E-state index contributed by atoms with van der Waals surface area (Å²) in [5.41, 5.74) is 7.69. The summed E-state index contributed by atoms with van der Waals surface area (Å²) in [5, 5.41) is 0.634. The Morgan fingerprint density at radius 3 is 2.76 bits per heavy atom. The number of hydrogen-bond acceptors (Lipinski definition) is 3. The summed E-state index contributed by atoms with van der Waals surface area (Å²) < 4.78 is 6.25. The third-order valence-electron chi connectivity index (χ3n) is 3.30. The van der Waals surface area contributed by atoms with Crippen LogP contribution < -0.4 is 5.73 Å². The smallest absolute Gasteiger partial charge is 0.410 e. The van der Waals surface area contributed by atoms with Crippen LogP contribution in [0.5, 0.6) is 0 Å². The molecule has 1 amide bonds. The van der Waals surface area contributed by atoms with Crippen molar-refractivity contribution in [2.45, 2.75) is 45.4 Å². The van der Waals surface area contributed by atoms with Gasteiger partial charge in [0, 0.05) is 23.6 Å². The molecule has 0 aromatic heterocycles. The SMILES string of the molecule is CC(C)(C)OC(=O)N1CC[C@@H](N)c2cc(Cl)c(Br)cc2C1. The lowest BCUT2D eigenvalue weighted by molar-refractivity contribution is 0.0235. The Kier molecular flexibility index (Phi) is 4.85. The van der Waals surface area contributed by atoms with Crippen LogP contribution in [0.2, 0.25) is 5.02 Å². The second-order valence-electron chi connectivity index (χ2n) is 6.26. The first-order valence-electron chi connectivity index (χ1n) is 6.88. The summed E-state index contributed by atoms with van der Waals surface area (Å²) in [6.07, 6.45) is 0.373. The number of ether oxygens (including phenoxy) is 1. The minimum absolute atomic E-state index is 0.127. The molecule has 0 bridgehead atoms. The van der Waals surface area contributed by atoms with Crippen molar-refractivity contribution in [2.75, 3.05) is 6.54 Å². The van der Waals surface area contributed by atoms with Gasteiger partial charge in [-0.1, -0.05) is 11.6 Å². The maximum absolute atomic E-state index is 12.3. The molecule has 0 radical (unpaired) electrons. The fourth-order valence-electron chi connectivity index (χ4n) is 2.30. The summed E-state index contributed by atoms with van der Waals surface area (Å²) in [6, 6.07) is 3.68. The molecule has 0 spiro atoms. The van der Waals surface area contributed by atoms with Crippen molar-refractivity contribution < 1.29 is 9.53 Å². The molecule has 116 valence electrons. The van der Waals surface area contributed by atoms with E-state index in [2.05, 4.69) is 15.9 Å². The van der Waals surface area contributed by atoms with Crippen LogP contribution in [0.4, 0.5) is 4.79 Å². The Bertz CT molecular complexity index is 557. The molecule has 6 heteroatoms. The highest BCUT2D eigenvalue weighted by Gasteiger charge is 2.27. The van der Waals surface area contributed by atoms with Crippen molar-refractivity contribution in [1.82, 2.24) is 4.90 Å². The summed E-state index contributed by atoms with van der Waals surface area (Å²) in [7, 11) is 0. The van der Waals surface area contributed by atoms with Gasteiger partial charge >= 0.3 is 6.09 Å². The molecule has 0 saturated heterocycles. The number of rotatable bonds is 0. The minimum Gasteiger partial charge on any atom is -0.444 e. The van der Waals surface area contributed by atoms with E-state index in [9.17, 15) is 4.79 Å². The Hall–Kier alpha value is -0.780. The maximum atomic E-state index is 12.3. The number of nitrogens with two attached hydrogens (primary N) is 1. The minimum atomic E-state index is -0.505. The van der Waals surface area contributed by atoms with E-state index < -0.39 is 5.60 Å². The zero-order valence-electron chi connectivity index (χ0n) is 12.5. The molecule has 0 unspecified atom stereocenters. The van der Waals surface area contributed by atoms with Gasteiger partial charge in [0.05, 0.1) is 5.02 Å². The van der Waals surface area contributed by atoms with Gasteiger partial charge in [-0.25, -0.2) is 4.79 Å². The van der Waals surface area contributed by atoms with Crippen LogP contribution in [-0.4, -0.2) is 23.1 Å². The van der Waals surface area contributed by atoms with Gasteiger partial charge in [-0.2, -0.15) is 0 Å². The van der Waals surface area contributed by atoms with E-state index in [-0.39, 0.29) is 12.1 Å². The van der Waals surface area contributed by atoms with Gasteiger partial charge in [0.1, 0.15) is 5.60 Å². The van der Waals surface area contributed by atoms with Crippen LogP contribution in [0.15, 0.2) is 16.6 Å². The first-order valence-corrected chi connectivity index (χ1v) is 8.06. The van der Waals surface area contributed by atoms with Crippen LogP contribution in [-0.2, 0) is 11.3 Å². The highest BCUT2D eigenvalue weighted by Crippen LogP contribution is 2.33. The fraction of sp³-hybridized carbons (Fsp3) is 0.533. The van der Waals surface area contributed by atoms with Gasteiger partial charge < -0.3 is 15.4 Å². The largest absolute Gasteiger partial charge is 0.444 e. The van der Waals surface area contributed by atoms with Crippen molar-refractivity contribution in [1.29, 1.82) is 0 Å². The Morgan fingerprint density at radius 2 is 2.14 bits per heavy atom. The van der Waals surface area contributed by atoms with E-state index in [1.807, 2.05) is 32.9 Å². The van der Waals surface area contributed by atoms with Gasteiger partial charge in [0.15, 0.2) is 0 Å². The normalized spacial score (nSPS) is 19.0. The predicted octanol–water partition coefficient (Wildman–Crippen LogP) is 4.24. The molecule has 4 nitrogen and oxygen atoms in total. The molecule has 1 aliphatic heterocycles. The number of fused-ring (bicyclic) bond motifs is 1. The lowest BCUT2D eigenvalue weighted by atomic mass is 10.0. The summed E-state index contributed by atoms with van der Waals surface area (Å²) in [4.78, 5) is 14.0. The lowest BCUT2D eigenvalue weighted by Gasteiger charge is -2.26. The van der Waals surface area contributed by atoms with Crippen LogP contribution in [0.3, 0.4) is 0 Å². The maximum Gasteiger partial charge on any atom is 0.410 e. The summed E-state index contributed by atoms with van der Waals surface area (Å²) in [5.74, 6) is 0. The quantitative estimate of drug-likeness (QED) is 0.738. The highest BCUT2D eigenvalue weighted by atomic mass is 79.9. The monoisotopic (exact) mass is 374 g/mol. The molecule has 1 heterocycles. The molecule has 1 atom stereocenters. The number of carbonyl (C=O) groups excluding carboxylic acids is 1. The number of carbonyl (C=O) groups is 1. The molecular formula is C15H20BrClN2O2. The van der Waals surface area contributed by atoms with Crippen LogP contribution in [0, 0.1) is 0 Å². The summed E-state index contributed by atoms with van der Waals surface area (Å²) >= 11 is 9.56. The molecule has 1 aromatic carbocycles. The van der Waals surface area contributed by atoms with Crippen molar-refractivity contribution >= 4 is 33.6 Å². The van der Waals surface area contributed by atoms with Crippen molar-refractivity contribution in [2.24, 2.45) is 5.73 Å². The van der Waals surface area contributed by atoms with Crippen molar-refractivity contribution in [3.8, 4) is 0 Å². The standard InChI is InChI=1S/C15H20BrClN2O2/c1-15(2,3)21-14(20)19-5-4-13(18)10-7-12(17)11(16)6-9(10)8-19/h6-7,13H,4-5,8,18H2,1-3H3/t13-/m1/s1. The topological polar surface area (TPSA) is 55.6 Å². The number of benzene rings is 1. The van der Waals surface area contributed by atoms with E-state index in [1.54, 1.807) is 4.90 Å². The average molecular weight is 376 g/mol. The molecular weight excluding hydrogens is 356 g/mol. The fourth-order valence-corrected chi connectivity index (χ4v) is 2.87. The van der Waals surface area contributed by atoms with Gasteiger partial charge in [0.25, 0.3) is 0 Å².